The van der Waals surface area contributed by atoms with Gasteiger partial charge in [0.1, 0.15) is 5.82 Å². The van der Waals surface area contributed by atoms with Crippen molar-refractivity contribution in [2.45, 2.75) is 64.7 Å². The summed E-state index contributed by atoms with van der Waals surface area (Å²) in [7, 11) is 0. The van der Waals surface area contributed by atoms with Crippen LogP contribution in [0.4, 0.5) is 17.6 Å². The molecular formula is C23H26F4. The highest BCUT2D eigenvalue weighted by Gasteiger charge is 2.25. The van der Waals surface area contributed by atoms with Gasteiger partial charge in [-0.15, -0.1) is 0 Å². The highest BCUT2D eigenvalue weighted by molar-refractivity contribution is 5.33. The van der Waals surface area contributed by atoms with Crippen molar-refractivity contribution in [3.05, 3.63) is 69.8 Å². The van der Waals surface area contributed by atoms with Crippen molar-refractivity contribution < 1.29 is 17.6 Å². The Bertz CT molecular complexity index is 797. The Labute approximate surface area is 158 Å². The Balaban J connectivity index is 1.60. The Morgan fingerprint density at radius 3 is 2.48 bits per heavy atom. The number of benzene rings is 2. The van der Waals surface area contributed by atoms with Crippen LogP contribution in [0.15, 0.2) is 24.3 Å². The summed E-state index contributed by atoms with van der Waals surface area (Å²) in [6.45, 7) is 2.15. The molecule has 1 aliphatic carbocycles. The second kappa shape index (κ2) is 8.90. The first-order valence-corrected chi connectivity index (χ1v) is 9.92. The van der Waals surface area contributed by atoms with Gasteiger partial charge in [0.2, 0.25) is 0 Å². The third-order valence-corrected chi connectivity index (χ3v) is 5.68. The minimum Gasteiger partial charge on any atom is -0.207 e. The van der Waals surface area contributed by atoms with Crippen LogP contribution in [-0.2, 0) is 25.7 Å². The normalized spacial score (nSPS) is 16.4. The third-order valence-electron chi connectivity index (χ3n) is 5.68. The molecule has 0 heterocycles. The number of unbranched alkanes of at least 4 members (excludes halogenated alkanes) is 2. The quantitative estimate of drug-likeness (QED) is 0.285. The van der Waals surface area contributed by atoms with Gasteiger partial charge in [-0.1, -0.05) is 31.9 Å². The van der Waals surface area contributed by atoms with E-state index in [1.165, 1.54) is 0 Å². The molecule has 0 radical (unpaired) electrons. The maximum Gasteiger partial charge on any atom is 0.194 e. The fourth-order valence-electron chi connectivity index (χ4n) is 4.03. The molecular weight excluding hydrogens is 352 g/mol. The van der Waals surface area contributed by atoms with Gasteiger partial charge >= 0.3 is 0 Å². The lowest BCUT2D eigenvalue weighted by Gasteiger charge is -2.25. The number of hydrogen-bond acceptors (Lipinski definition) is 0. The lowest BCUT2D eigenvalue weighted by molar-refractivity contribution is 0.392. The number of halogens is 4. The van der Waals surface area contributed by atoms with Crippen LogP contribution >= 0.6 is 0 Å². The van der Waals surface area contributed by atoms with E-state index in [-0.39, 0.29) is 11.7 Å². The summed E-state index contributed by atoms with van der Waals surface area (Å²) >= 11 is 0. The van der Waals surface area contributed by atoms with Gasteiger partial charge < -0.3 is 0 Å². The molecule has 1 atom stereocenters. The molecule has 3 rings (SSSR count). The average molecular weight is 378 g/mol. The molecule has 4 heteroatoms. The van der Waals surface area contributed by atoms with Gasteiger partial charge in [0, 0.05) is 0 Å². The van der Waals surface area contributed by atoms with E-state index in [9.17, 15) is 17.6 Å². The van der Waals surface area contributed by atoms with E-state index in [1.807, 2.05) is 12.1 Å². The predicted molar refractivity (Wildman–Crippen MR) is 99.8 cm³/mol. The molecule has 0 aliphatic heterocycles. The van der Waals surface area contributed by atoms with Crippen LogP contribution in [0.2, 0.25) is 0 Å². The largest absolute Gasteiger partial charge is 0.207 e. The van der Waals surface area contributed by atoms with Gasteiger partial charge in [-0.2, -0.15) is 0 Å². The second-order valence-corrected chi connectivity index (χ2v) is 7.65. The third kappa shape index (κ3) is 4.72. The fourth-order valence-corrected chi connectivity index (χ4v) is 4.03. The van der Waals surface area contributed by atoms with Gasteiger partial charge in [0.15, 0.2) is 17.5 Å². The Morgan fingerprint density at radius 2 is 1.74 bits per heavy atom. The van der Waals surface area contributed by atoms with Gasteiger partial charge in [-0.3, -0.25) is 0 Å². The zero-order valence-electron chi connectivity index (χ0n) is 15.8. The van der Waals surface area contributed by atoms with Crippen LogP contribution in [0, 0.1) is 29.2 Å². The van der Waals surface area contributed by atoms with E-state index in [4.69, 9.17) is 0 Å². The molecule has 0 fully saturated rings. The zero-order valence-corrected chi connectivity index (χ0v) is 15.8. The maximum absolute atomic E-state index is 14.4. The molecule has 0 N–H and O–H groups in total. The molecule has 0 spiro atoms. The molecule has 0 amide bonds. The lowest BCUT2D eigenvalue weighted by Crippen LogP contribution is -2.18. The van der Waals surface area contributed by atoms with Crippen molar-refractivity contribution in [1.82, 2.24) is 0 Å². The molecule has 1 unspecified atom stereocenters. The summed E-state index contributed by atoms with van der Waals surface area (Å²) in [6, 6.07) is 6.61. The summed E-state index contributed by atoms with van der Waals surface area (Å²) in [6.07, 6.45) is 7.26. The standard InChI is InChI=1S/C23H26F4/c1-2-3-4-5-15-6-9-17(20(24)13-15)10-7-16-8-11-19-18(12-16)14-21(25)23(27)22(19)26/h6,9,13-14,16H,2-5,7-8,10-12H2,1H3. The van der Waals surface area contributed by atoms with E-state index in [2.05, 4.69) is 6.92 Å². The second-order valence-electron chi connectivity index (χ2n) is 7.65. The smallest absolute Gasteiger partial charge is 0.194 e. The molecule has 1 aliphatic rings. The van der Waals surface area contributed by atoms with Crippen molar-refractivity contribution >= 4 is 0 Å². The first-order chi connectivity index (χ1) is 13.0. The summed E-state index contributed by atoms with van der Waals surface area (Å²) in [5, 5.41) is 0. The first kappa shape index (κ1) is 19.9. The summed E-state index contributed by atoms with van der Waals surface area (Å²) in [5.41, 5.74) is 2.57. The molecule has 0 saturated carbocycles. The average Bonchev–Trinajstić information content (AvgIpc) is 2.65. The fraction of sp³-hybridized carbons (Fsp3) is 0.478. The number of hydrogen-bond donors (Lipinski definition) is 0. The van der Waals surface area contributed by atoms with Crippen molar-refractivity contribution in [3.8, 4) is 0 Å². The molecule has 0 bridgehead atoms. The van der Waals surface area contributed by atoms with Crippen molar-refractivity contribution in [1.29, 1.82) is 0 Å². The van der Waals surface area contributed by atoms with Gasteiger partial charge in [0.25, 0.3) is 0 Å². The van der Waals surface area contributed by atoms with Crippen molar-refractivity contribution in [3.63, 3.8) is 0 Å². The van der Waals surface area contributed by atoms with E-state index in [0.717, 1.165) is 43.7 Å². The Kier molecular flexibility index (Phi) is 6.56. The van der Waals surface area contributed by atoms with E-state index >= 15 is 0 Å². The predicted octanol–water partition coefficient (Wildman–Crippen LogP) is 6.71. The minimum atomic E-state index is -1.38. The van der Waals surface area contributed by atoms with Crippen LogP contribution in [0.25, 0.3) is 0 Å². The molecule has 0 aromatic heterocycles. The lowest BCUT2D eigenvalue weighted by atomic mass is 9.80. The molecule has 0 saturated heterocycles. The summed E-state index contributed by atoms with van der Waals surface area (Å²) in [5.74, 6) is -3.50. The SMILES string of the molecule is CCCCCc1ccc(CCC2CCc3c(cc(F)c(F)c3F)C2)c(F)c1. The number of fused-ring (bicyclic) bond motifs is 1. The van der Waals surface area contributed by atoms with Crippen molar-refractivity contribution in [2.75, 3.05) is 0 Å². The highest BCUT2D eigenvalue weighted by atomic mass is 19.2. The van der Waals surface area contributed by atoms with Crippen LogP contribution in [0.1, 0.15) is 61.3 Å². The number of aryl methyl sites for hydroxylation is 2. The van der Waals surface area contributed by atoms with E-state index in [0.29, 0.717) is 42.4 Å². The summed E-state index contributed by atoms with van der Waals surface area (Å²) < 4.78 is 55.1. The van der Waals surface area contributed by atoms with E-state index < -0.39 is 17.5 Å². The Morgan fingerprint density at radius 1 is 0.926 bits per heavy atom. The number of rotatable bonds is 7. The van der Waals surface area contributed by atoms with Gasteiger partial charge in [0.05, 0.1) is 0 Å². The molecule has 2 aromatic rings. The van der Waals surface area contributed by atoms with E-state index in [1.54, 1.807) is 6.07 Å². The first-order valence-electron chi connectivity index (χ1n) is 9.92. The van der Waals surface area contributed by atoms with Gasteiger partial charge in [-0.25, -0.2) is 17.6 Å². The highest BCUT2D eigenvalue weighted by Crippen LogP contribution is 2.32. The van der Waals surface area contributed by atoms with Crippen LogP contribution < -0.4 is 0 Å². The van der Waals surface area contributed by atoms with Gasteiger partial charge in [-0.05, 0) is 85.3 Å². The minimum absolute atomic E-state index is 0.167. The monoisotopic (exact) mass is 378 g/mol. The maximum atomic E-state index is 14.4. The zero-order chi connectivity index (χ0) is 19.4. The Hall–Kier alpha value is -1.84. The van der Waals surface area contributed by atoms with Crippen LogP contribution in [-0.4, -0.2) is 0 Å². The molecule has 27 heavy (non-hydrogen) atoms. The molecule has 146 valence electrons. The molecule has 2 aromatic carbocycles. The van der Waals surface area contributed by atoms with Crippen molar-refractivity contribution in [2.24, 2.45) is 5.92 Å². The molecule has 0 nitrogen and oxygen atoms in total. The van der Waals surface area contributed by atoms with Crippen LogP contribution in [0.5, 0.6) is 0 Å². The van der Waals surface area contributed by atoms with Crippen LogP contribution in [0.3, 0.4) is 0 Å². The summed E-state index contributed by atoms with van der Waals surface area (Å²) in [4.78, 5) is 0. The topological polar surface area (TPSA) is 0 Å².